The maximum Gasteiger partial charge on any atom is 0.211 e. The Hall–Kier alpha value is -2.71. The van der Waals surface area contributed by atoms with Gasteiger partial charge in [-0.2, -0.15) is 9.41 Å². The topological polar surface area (TPSA) is 65.0 Å². The van der Waals surface area contributed by atoms with E-state index in [4.69, 9.17) is 0 Å². The van der Waals surface area contributed by atoms with Crippen LogP contribution in [0.25, 0.3) is 11.6 Å². The molecule has 6 nitrogen and oxygen atoms in total. The minimum Gasteiger partial charge on any atom is -0.373 e. The Bertz CT molecular complexity index is 1240. The molecular formula is C23H25FN4O2S. The van der Waals surface area contributed by atoms with Gasteiger partial charge < -0.3 is 4.90 Å². The van der Waals surface area contributed by atoms with Crippen molar-refractivity contribution >= 4 is 27.4 Å². The first kappa shape index (κ1) is 20.2. The minimum absolute atomic E-state index is 0.119. The lowest BCUT2D eigenvalue weighted by atomic mass is 9.83. The van der Waals surface area contributed by atoms with Crippen LogP contribution in [0.5, 0.6) is 0 Å². The SMILES string of the molecule is CCC1C(C2=CCN(S(C)(=O)=O)CC2)=C2NN=C3C=Cc4cc(F)cc(c43)C2=CN1C. The second-order valence-corrected chi connectivity index (χ2v) is 10.4. The summed E-state index contributed by atoms with van der Waals surface area (Å²) >= 11 is 0. The lowest BCUT2D eigenvalue weighted by Crippen LogP contribution is -2.39. The highest BCUT2D eigenvalue weighted by Gasteiger charge is 2.35. The highest BCUT2D eigenvalue weighted by atomic mass is 32.2. The molecular weight excluding hydrogens is 415 g/mol. The van der Waals surface area contributed by atoms with Gasteiger partial charge in [-0.3, -0.25) is 5.43 Å². The van der Waals surface area contributed by atoms with Gasteiger partial charge in [-0.1, -0.05) is 19.1 Å². The molecule has 8 heteroatoms. The molecule has 0 radical (unpaired) electrons. The highest BCUT2D eigenvalue weighted by molar-refractivity contribution is 7.88. The van der Waals surface area contributed by atoms with E-state index in [0.717, 1.165) is 51.2 Å². The number of rotatable bonds is 3. The van der Waals surface area contributed by atoms with Crippen molar-refractivity contribution in [2.45, 2.75) is 25.8 Å². The van der Waals surface area contributed by atoms with E-state index in [1.165, 1.54) is 10.6 Å². The van der Waals surface area contributed by atoms with Crippen molar-refractivity contribution < 1.29 is 12.8 Å². The number of hydrazone groups is 1. The molecule has 1 aliphatic carbocycles. The Balaban J connectivity index is 1.69. The summed E-state index contributed by atoms with van der Waals surface area (Å²) in [7, 11) is -1.19. The summed E-state index contributed by atoms with van der Waals surface area (Å²) in [5, 5.41) is 4.65. The van der Waals surface area contributed by atoms with Crippen molar-refractivity contribution in [3.63, 3.8) is 0 Å². The van der Waals surface area contributed by atoms with Gasteiger partial charge in [0.15, 0.2) is 0 Å². The molecule has 0 aromatic heterocycles. The van der Waals surface area contributed by atoms with Crippen LogP contribution in [0.4, 0.5) is 4.39 Å². The van der Waals surface area contributed by atoms with Crippen molar-refractivity contribution in [1.29, 1.82) is 0 Å². The van der Waals surface area contributed by atoms with Crippen LogP contribution in [0, 0.1) is 5.82 Å². The summed E-state index contributed by atoms with van der Waals surface area (Å²) in [6, 6.07) is 3.24. The molecule has 3 heterocycles. The fourth-order valence-electron chi connectivity index (χ4n) is 4.98. The molecule has 1 aromatic rings. The lowest BCUT2D eigenvalue weighted by molar-refractivity contribution is 0.351. The second-order valence-electron chi connectivity index (χ2n) is 8.38. The fraction of sp³-hybridized carbons (Fsp3) is 0.348. The third kappa shape index (κ3) is 3.25. The van der Waals surface area contributed by atoms with Gasteiger partial charge in [0.1, 0.15) is 5.82 Å². The molecule has 1 unspecified atom stereocenters. The molecule has 0 spiro atoms. The summed E-state index contributed by atoms with van der Waals surface area (Å²) < 4.78 is 39.9. The molecule has 5 rings (SSSR count). The van der Waals surface area contributed by atoms with Gasteiger partial charge in [-0.15, -0.1) is 0 Å². The van der Waals surface area contributed by atoms with Crippen LogP contribution in [-0.2, 0) is 10.0 Å². The van der Waals surface area contributed by atoms with E-state index in [0.29, 0.717) is 19.5 Å². The average Bonchev–Trinajstić information content (AvgIpc) is 3.06. The van der Waals surface area contributed by atoms with Crippen LogP contribution in [-0.4, -0.2) is 55.8 Å². The molecule has 3 aliphatic heterocycles. The fourth-order valence-corrected chi connectivity index (χ4v) is 5.75. The largest absolute Gasteiger partial charge is 0.373 e. The third-order valence-electron chi connectivity index (χ3n) is 6.46. The van der Waals surface area contributed by atoms with Gasteiger partial charge in [-0.05, 0) is 47.8 Å². The summed E-state index contributed by atoms with van der Waals surface area (Å²) in [5.74, 6) is -0.274. The molecule has 1 aromatic carbocycles. The van der Waals surface area contributed by atoms with Crippen molar-refractivity contribution in [1.82, 2.24) is 14.6 Å². The molecule has 31 heavy (non-hydrogen) atoms. The summed E-state index contributed by atoms with van der Waals surface area (Å²) in [6.07, 6.45) is 10.6. The first-order chi connectivity index (χ1) is 14.8. The maximum atomic E-state index is 14.5. The zero-order valence-electron chi connectivity index (χ0n) is 17.8. The third-order valence-corrected chi connectivity index (χ3v) is 7.73. The molecule has 1 N–H and O–H groups in total. The Labute approximate surface area is 182 Å². The van der Waals surface area contributed by atoms with Gasteiger partial charge in [0.25, 0.3) is 0 Å². The predicted octanol–water partition coefficient (Wildman–Crippen LogP) is 3.07. The van der Waals surface area contributed by atoms with Crippen LogP contribution in [0.1, 0.15) is 36.5 Å². The monoisotopic (exact) mass is 440 g/mol. The normalized spacial score (nSPS) is 22.9. The van der Waals surface area contributed by atoms with Crippen LogP contribution in [0.2, 0.25) is 0 Å². The van der Waals surface area contributed by atoms with Crippen molar-refractivity contribution in [3.05, 3.63) is 69.8 Å². The zero-order chi connectivity index (χ0) is 21.9. The van der Waals surface area contributed by atoms with E-state index in [-0.39, 0.29) is 11.9 Å². The number of hydrogen-bond donors (Lipinski definition) is 1. The molecule has 0 bridgehead atoms. The van der Waals surface area contributed by atoms with Gasteiger partial charge in [0.05, 0.1) is 23.7 Å². The first-order valence-corrected chi connectivity index (χ1v) is 12.3. The number of fused-ring (bicyclic) bond motifs is 2. The number of sulfonamides is 1. The van der Waals surface area contributed by atoms with Gasteiger partial charge >= 0.3 is 0 Å². The first-order valence-electron chi connectivity index (χ1n) is 10.5. The molecule has 162 valence electrons. The zero-order valence-corrected chi connectivity index (χ0v) is 18.6. The minimum atomic E-state index is -3.22. The summed E-state index contributed by atoms with van der Waals surface area (Å²) in [6.45, 7) is 2.94. The Morgan fingerprint density at radius 2 is 2.10 bits per heavy atom. The van der Waals surface area contributed by atoms with Crippen molar-refractivity contribution in [3.8, 4) is 0 Å². The standard InChI is InChI=1S/C23H25FN4O2S/c1-4-20-22(14-7-9-28(10-8-14)31(3,29)30)23-18(13-27(20)2)17-12-16(24)11-15-5-6-19(21(15)17)25-26-23/h5-7,11-13,20,26H,4,8-10H2,1-3H3. The van der Waals surface area contributed by atoms with Gasteiger partial charge in [0.2, 0.25) is 10.0 Å². The summed E-state index contributed by atoms with van der Waals surface area (Å²) in [4.78, 5) is 2.17. The number of allylic oxidation sites excluding steroid dienone is 2. The summed E-state index contributed by atoms with van der Waals surface area (Å²) in [5.41, 5.74) is 10.7. The average molecular weight is 441 g/mol. The number of nitrogens with zero attached hydrogens (tertiary/aromatic N) is 3. The molecule has 0 fully saturated rings. The van der Waals surface area contributed by atoms with E-state index in [1.54, 1.807) is 12.1 Å². The highest BCUT2D eigenvalue weighted by Crippen LogP contribution is 2.42. The Morgan fingerprint density at radius 1 is 1.29 bits per heavy atom. The maximum absolute atomic E-state index is 14.5. The number of likely N-dealkylation sites (N-methyl/N-ethyl adjacent to an activating group) is 1. The number of halogens is 1. The van der Waals surface area contributed by atoms with Crippen LogP contribution in [0.3, 0.4) is 0 Å². The second kappa shape index (κ2) is 7.17. The molecule has 1 atom stereocenters. The number of hydrogen-bond acceptors (Lipinski definition) is 5. The molecule has 0 saturated heterocycles. The van der Waals surface area contributed by atoms with E-state index in [2.05, 4.69) is 28.6 Å². The number of benzene rings is 1. The Kier molecular flexibility index (Phi) is 4.67. The van der Waals surface area contributed by atoms with E-state index < -0.39 is 10.0 Å². The van der Waals surface area contributed by atoms with Crippen molar-refractivity contribution in [2.24, 2.45) is 5.10 Å². The number of nitrogens with one attached hydrogen (secondary N) is 1. The molecule has 0 saturated carbocycles. The van der Waals surface area contributed by atoms with E-state index in [9.17, 15) is 12.8 Å². The van der Waals surface area contributed by atoms with E-state index >= 15 is 0 Å². The lowest BCUT2D eigenvalue weighted by Gasteiger charge is -2.38. The Morgan fingerprint density at radius 3 is 2.77 bits per heavy atom. The van der Waals surface area contributed by atoms with E-state index in [1.807, 2.05) is 25.3 Å². The smallest absolute Gasteiger partial charge is 0.211 e. The van der Waals surface area contributed by atoms with Crippen molar-refractivity contribution in [2.75, 3.05) is 26.4 Å². The van der Waals surface area contributed by atoms with Crippen LogP contribution >= 0.6 is 0 Å². The quantitative estimate of drug-likeness (QED) is 0.785. The molecule has 0 amide bonds. The van der Waals surface area contributed by atoms with Gasteiger partial charge in [-0.25, -0.2) is 12.8 Å². The van der Waals surface area contributed by atoms with Crippen LogP contribution in [0.15, 0.2) is 52.4 Å². The predicted molar refractivity (Wildman–Crippen MR) is 121 cm³/mol. The van der Waals surface area contributed by atoms with Gasteiger partial charge in [0, 0.05) is 43.0 Å². The molecule has 4 aliphatic rings. The van der Waals surface area contributed by atoms with Crippen LogP contribution < -0.4 is 5.43 Å².